The van der Waals surface area contributed by atoms with Crippen molar-refractivity contribution in [2.75, 3.05) is 0 Å². The molecule has 1 aromatic heterocycles. The van der Waals surface area contributed by atoms with Crippen LogP contribution in [-0.4, -0.2) is 0 Å². The highest BCUT2D eigenvalue weighted by atomic mass is 16.3. The molecular weight excluding hydrogens is 653 g/mol. The zero-order chi connectivity index (χ0) is 35.8. The Morgan fingerprint density at radius 1 is 0.444 bits per heavy atom. The number of para-hydroxylation sites is 1. The Morgan fingerprint density at radius 3 is 1.72 bits per heavy atom. The maximum absolute atomic E-state index is 6.67. The minimum Gasteiger partial charge on any atom is -0.455 e. The second-order valence-electron chi connectivity index (χ2n) is 14.8. The monoisotopic (exact) mass is 688 g/mol. The highest BCUT2D eigenvalue weighted by Crippen LogP contribution is 2.48. The third kappa shape index (κ3) is 4.72. The van der Waals surface area contributed by atoms with E-state index in [2.05, 4.69) is 189 Å². The van der Waals surface area contributed by atoms with Gasteiger partial charge in [0.25, 0.3) is 0 Å². The molecule has 0 bridgehead atoms. The molecule has 54 heavy (non-hydrogen) atoms. The molecule has 0 saturated carbocycles. The van der Waals surface area contributed by atoms with E-state index in [0.29, 0.717) is 5.92 Å². The number of furan rings is 1. The van der Waals surface area contributed by atoms with Gasteiger partial charge in [0.1, 0.15) is 11.2 Å². The number of hydrogen-bond acceptors (Lipinski definition) is 1. The Labute approximate surface area is 314 Å². The first kappa shape index (κ1) is 30.9. The first-order chi connectivity index (χ1) is 26.7. The molecule has 1 nitrogen and oxygen atoms in total. The molecule has 0 N–H and O–H groups in total. The van der Waals surface area contributed by atoms with Crippen molar-refractivity contribution >= 4 is 60.3 Å². The molecule has 10 aromatic rings. The predicted molar refractivity (Wildman–Crippen MR) is 230 cm³/mol. The van der Waals surface area contributed by atoms with Crippen LogP contribution in [-0.2, 0) is 0 Å². The highest BCUT2D eigenvalue weighted by molar-refractivity contribution is 6.21. The maximum atomic E-state index is 6.67. The Balaban J connectivity index is 1.10. The van der Waals surface area contributed by atoms with E-state index in [1.807, 2.05) is 0 Å². The lowest BCUT2D eigenvalue weighted by Gasteiger charge is -2.23. The molecule has 9 aromatic carbocycles. The van der Waals surface area contributed by atoms with Crippen LogP contribution in [0.2, 0.25) is 0 Å². The molecule has 1 heterocycles. The van der Waals surface area contributed by atoms with Crippen LogP contribution < -0.4 is 0 Å². The van der Waals surface area contributed by atoms with Gasteiger partial charge in [-0.25, -0.2) is 0 Å². The number of rotatable bonds is 4. The summed E-state index contributed by atoms with van der Waals surface area (Å²) in [7, 11) is 0. The summed E-state index contributed by atoms with van der Waals surface area (Å²) in [6, 6.07) is 62.3. The molecular formula is C53H36O. The van der Waals surface area contributed by atoms with E-state index in [1.54, 1.807) is 0 Å². The first-order valence-electron chi connectivity index (χ1n) is 19.0. The lowest BCUT2D eigenvalue weighted by molar-refractivity contribution is 0.667. The molecule has 1 aliphatic rings. The fourth-order valence-electron chi connectivity index (χ4n) is 9.24. The van der Waals surface area contributed by atoms with E-state index in [-0.39, 0.29) is 0 Å². The van der Waals surface area contributed by atoms with Crippen LogP contribution in [0.1, 0.15) is 30.4 Å². The van der Waals surface area contributed by atoms with Crippen LogP contribution in [0.25, 0.3) is 105 Å². The summed E-state index contributed by atoms with van der Waals surface area (Å²) >= 11 is 0. The Hall–Kier alpha value is -6.70. The molecule has 1 unspecified atom stereocenters. The van der Waals surface area contributed by atoms with Crippen molar-refractivity contribution < 1.29 is 4.42 Å². The molecule has 0 spiro atoms. The summed E-state index contributed by atoms with van der Waals surface area (Å²) in [6.45, 7) is 2.34. The van der Waals surface area contributed by atoms with Crippen LogP contribution in [0.15, 0.2) is 180 Å². The zero-order valence-electron chi connectivity index (χ0n) is 30.0. The largest absolute Gasteiger partial charge is 0.455 e. The summed E-state index contributed by atoms with van der Waals surface area (Å²) < 4.78 is 6.67. The van der Waals surface area contributed by atoms with Crippen molar-refractivity contribution in [1.82, 2.24) is 0 Å². The van der Waals surface area contributed by atoms with E-state index >= 15 is 0 Å². The van der Waals surface area contributed by atoms with Gasteiger partial charge < -0.3 is 4.42 Å². The van der Waals surface area contributed by atoms with Crippen LogP contribution >= 0.6 is 0 Å². The van der Waals surface area contributed by atoms with Gasteiger partial charge in [-0.3, -0.25) is 0 Å². The van der Waals surface area contributed by atoms with Gasteiger partial charge in [0, 0.05) is 16.3 Å². The molecule has 0 aliphatic heterocycles. The van der Waals surface area contributed by atoms with Crippen molar-refractivity contribution in [3.8, 4) is 44.5 Å². The summed E-state index contributed by atoms with van der Waals surface area (Å²) in [5, 5.41) is 9.90. The maximum Gasteiger partial charge on any atom is 0.143 e. The fourth-order valence-corrected chi connectivity index (χ4v) is 9.24. The van der Waals surface area contributed by atoms with E-state index in [0.717, 1.165) is 17.6 Å². The number of allylic oxidation sites excluding steroid dienone is 1. The van der Waals surface area contributed by atoms with Gasteiger partial charge in [-0.2, -0.15) is 0 Å². The standard InChI is InChI=1S/C53H36O/c1-33-13-10-17-39-32-47-42-20-8-9-26-48(42)54-53(47)52(49(33)39)36-29-27-35(28-30-36)50-43-21-4-6-23-45(43)51(46-24-7-5-22-44(46)50)38-18-11-16-37(31-38)41-25-12-15-34-14-2-3-19-40(34)41/h2-12,14-33H,13H2,1H3. The second-order valence-corrected chi connectivity index (χ2v) is 14.8. The minimum atomic E-state index is 0.400. The molecule has 0 radical (unpaired) electrons. The lowest BCUT2D eigenvalue weighted by Crippen LogP contribution is -2.03. The Bertz CT molecular complexity index is 3080. The number of benzene rings is 9. The van der Waals surface area contributed by atoms with E-state index in [4.69, 9.17) is 4.42 Å². The van der Waals surface area contributed by atoms with E-state index < -0.39 is 0 Å². The average molecular weight is 689 g/mol. The van der Waals surface area contributed by atoms with Crippen LogP contribution in [0.4, 0.5) is 0 Å². The second kappa shape index (κ2) is 12.2. The van der Waals surface area contributed by atoms with Crippen LogP contribution in [0.3, 0.4) is 0 Å². The van der Waals surface area contributed by atoms with Crippen molar-refractivity contribution in [3.63, 3.8) is 0 Å². The van der Waals surface area contributed by atoms with Crippen molar-refractivity contribution in [2.24, 2.45) is 0 Å². The van der Waals surface area contributed by atoms with Crippen molar-refractivity contribution in [1.29, 1.82) is 0 Å². The predicted octanol–water partition coefficient (Wildman–Crippen LogP) is 15.2. The highest BCUT2D eigenvalue weighted by Gasteiger charge is 2.25. The molecule has 1 aliphatic carbocycles. The van der Waals surface area contributed by atoms with Crippen molar-refractivity contribution in [3.05, 3.63) is 187 Å². The third-order valence-corrected chi connectivity index (χ3v) is 11.7. The van der Waals surface area contributed by atoms with Crippen molar-refractivity contribution in [2.45, 2.75) is 19.3 Å². The van der Waals surface area contributed by atoms with Gasteiger partial charge in [-0.15, -0.1) is 0 Å². The van der Waals surface area contributed by atoms with Gasteiger partial charge in [0.15, 0.2) is 0 Å². The molecule has 0 fully saturated rings. The zero-order valence-corrected chi connectivity index (χ0v) is 30.0. The molecule has 1 atom stereocenters. The lowest BCUT2D eigenvalue weighted by atomic mass is 9.81. The first-order valence-corrected chi connectivity index (χ1v) is 19.0. The summed E-state index contributed by atoms with van der Waals surface area (Å²) in [5.74, 6) is 0.400. The molecule has 254 valence electrons. The number of fused-ring (bicyclic) bond motifs is 7. The van der Waals surface area contributed by atoms with Gasteiger partial charge in [-0.05, 0) is 113 Å². The normalized spacial score (nSPS) is 14.1. The molecule has 0 saturated heterocycles. The summed E-state index contributed by atoms with van der Waals surface area (Å²) in [6.07, 6.45) is 5.64. The molecule has 0 amide bonds. The quantitative estimate of drug-likeness (QED) is 0.168. The molecule has 1 heteroatoms. The Morgan fingerprint density at radius 2 is 1.00 bits per heavy atom. The Kier molecular flexibility index (Phi) is 6.97. The third-order valence-electron chi connectivity index (χ3n) is 11.7. The van der Waals surface area contributed by atoms with Gasteiger partial charge in [0.2, 0.25) is 0 Å². The number of hydrogen-bond donors (Lipinski definition) is 0. The van der Waals surface area contributed by atoms with E-state index in [1.165, 1.54) is 98.7 Å². The topological polar surface area (TPSA) is 13.1 Å². The summed E-state index contributed by atoms with van der Waals surface area (Å²) in [4.78, 5) is 0. The summed E-state index contributed by atoms with van der Waals surface area (Å²) in [5.41, 5.74) is 14.5. The van der Waals surface area contributed by atoms with Gasteiger partial charge in [-0.1, -0.05) is 171 Å². The SMILES string of the molecule is CC1CC=Cc2cc3c(oc4ccccc43)c(-c3ccc(-c4c5ccccc5c(-c5cccc(-c6cccc7ccccc67)c5)c5ccccc45)cc3)c21. The minimum absolute atomic E-state index is 0.400. The molecule has 11 rings (SSSR count). The van der Waals surface area contributed by atoms with Gasteiger partial charge >= 0.3 is 0 Å². The fraction of sp³-hybridized carbons (Fsp3) is 0.0566. The smallest absolute Gasteiger partial charge is 0.143 e. The van der Waals surface area contributed by atoms with Crippen LogP contribution in [0.5, 0.6) is 0 Å². The average Bonchev–Trinajstić information content (AvgIpc) is 3.60. The van der Waals surface area contributed by atoms with Gasteiger partial charge in [0.05, 0.1) is 0 Å². The van der Waals surface area contributed by atoms with Crippen LogP contribution in [0, 0.1) is 0 Å². The van der Waals surface area contributed by atoms with E-state index in [9.17, 15) is 0 Å².